The van der Waals surface area contributed by atoms with E-state index in [-0.39, 0.29) is 0 Å². The molecule has 2 heterocycles. The van der Waals surface area contributed by atoms with Gasteiger partial charge in [-0.25, -0.2) is 4.98 Å². The minimum atomic E-state index is -3.36. The number of hydrogen-bond acceptors (Lipinski definition) is 7. The van der Waals surface area contributed by atoms with Crippen LogP contribution in [0.3, 0.4) is 0 Å². The maximum atomic E-state index is 12.5. The molecule has 0 aromatic carbocycles. The summed E-state index contributed by atoms with van der Waals surface area (Å²) >= 11 is 1.39. The molecular formula is C10H13N2O4PS. The minimum absolute atomic E-state index is 0.470. The fraction of sp³-hybridized carbons (Fsp3) is 0.300. The van der Waals surface area contributed by atoms with Gasteiger partial charge in [-0.05, 0) is 12.1 Å². The molecule has 0 aliphatic heterocycles. The van der Waals surface area contributed by atoms with Crippen LogP contribution in [0.2, 0.25) is 0 Å². The molecule has 8 heteroatoms. The van der Waals surface area contributed by atoms with E-state index < -0.39 is 13.4 Å². The third-order valence-corrected chi connectivity index (χ3v) is 5.07. The molecule has 0 saturated heterocycles. The van der Waals surface area contributed by atoms with E-state index in [0.717, 1.165) is 0 Å². The van der Waals surface area contributed by atoms with E-state index in [1.807, 2.05) is 5.38 Å². The van der Waals surface area contributed by atoms with Crippen LogP contribution in [0.4, 0.5) is 5.13 Å². The van der Waals surface area contributed by atoms with Gasteiger partial charge in [-0.15, -0.1) is 11.3 Å². The van der Waals surface area contributed by atoms with Crippen LogP contribution in [0.1, 0.15) is 11.5 Å². The van der Waals surface area contributed by atoms with E-state index >= 15 is 0 Å². The monoisotopic (exact) mass is 288 g/mol. The maximum Gasteiger partial charge on any atom is 0.360 e. The van der Waals surface area contributed by atoms with Crippen LogP contribution in [0.5, 0.6) is 0 Å². The number of furan rings is 1. The predicted molar refractivity (Wildman–Crippen MR) is 68.8 cm³/mol. The minimum Gasteiger partial charge on any atom is -0.466 e. The van der Waals surface area contributed by atoms with Gasteiger partial charge in [-0.3, -0.25) is 4.57 Å². The van der Waals surface area contributed by atoms with Gasteiger partial charge >= 0.3 is 7.60 Å². The summed E-state index contributed by atoms with van der Waals surface area (Å²) < 4.78 is 27.8. The Hall–Kier alpha value is -1.14. The Balaban J connectivity index is 2.32. The van der Waals surface area contributed by atoms with Gasteiger partial charge in [-0.1, -0.05) is 0 Å². The second-order valence-electron chi connectivity index (χ2n) is 3.30. The zero-order valence-corrected chi connectivity index (χ0v) is 11.6. The van der Waals surface area contributed by atoms with E-state index in [1.165, 1.54) is 31.8 Å². The number of aromatic nitrogens is 1. The van der Waals surface area contributed by atoms with Gasteiger partial charge in [0.25, 0.3) is 0 Å². The number of anilines is 1. The van der Waals surface area contributed by atoms with Crippen LogP contribution >= 0.6 is 18.9 Å². The number of nitrogens with zero attached hydrogens (tertiary/aromatic N) is 1. The molecule has 0 bridgehead atoms. The van der Waals surface area contributed by atoms with E-state index in [2.05, 4.69) is 10.3 Å². The lowest BCUT2D eigenvalue weighted by molar-refractivity contribution is 0.264. The highest BCUT2D eigenvalue weighted by Crippen LogP contribution is 2.59. The average molecular weight is 288 g/mol. The van der Waals surface area contributed by atoms with Crippen molar-refractivity contribution in [1.29, 1.82) is 0 Å². The summed E-state index contributed by atoms with van der Waals surface area (Å²) in [4.78, 5) is 4.08. The Morgan fingerprint density at radius 3 is 2.78 bits per heavy atom. The van der Waals surface area contributed by atoms with Crippen molar-refractivity contribution in [3.63, 3.8) is 0 Å². The molecule has 2 aromatic rings. The summed E-state index contributed by atoms with van der Waals surface area (Å²) in [5.41, 5.74) is 0. The quantitative estimate of drug-likeness (QED) is 0.822. The average Bonchev–Trinajstić information content (AvgIpc) is 3.07. The maximum absolute atomic E-state index is 12.5. The summed E-state index contributed by atoms with van der Waals surface area (Å²) in [7, 11) is -0.685. The number of hydrogen-bond donors (Lipinski definition) is 1. The van der Waals surface area contributed by atoms with Gasteiger partial charge in [0.05, 0.1) is 6.26 Å². The smallest absolute Gasteiger partial charge is 0.360 e. The lowest BCUT2D eigenvalue weighted by Crippen LogP contribution is -2.12. The molecule has 0 amide bonds. The van der Waals surface area contributed by atoms with Gasteiger partial charge in [-0.2, -0.15) is 0 Å². The fourth-order valence-corrected chi connectivity index (χ4v) is 3.41. The summed E-state index contributed by atoms with van der Waals surface area (Å²) in [6, 6.07) is 3.41. The first-order valence-electron chi connectivity index (χ1n) is 5.10. The van der Waals surface area contributed by atoms with Gasteiger partial charge in [0, 0.05) is 25.8 Å². The molecule has 1 atom stereocenters. The molecule has 0 saturated carbocycles. The summed E-state index contributed by atoms with van der Waals surface area (Å²) in [6.07, 6.45) is 3.15. The largest absolute Gasteiger partial charge is 0.466 e. The van der Waals surface area contributed by atoms with Crippen LogP contribution in [0.25, 0.3) is 0 Å². The molecule has 0 spiro atoms. The van der Waals surface area contributed by atoms with Gasteiger partial charge in [0.15, 0.2) is 10.9 Å². The molecule has 6 nitrogen and oxygen atoms in total. The zero-order valence-electron chi connectivity index (χ0n) is 9.90. The van der Waals surface area contributed by atoms with Crippen LogP contribution in [-0.4, -0.2) is 19.2 Å². The summed E-state index contributed by atoms with van der Waals surface area (Å²) in [5, 5.41) is 5.43. The lowest BCUT2D eigenvalue weighted by Gasteiger charge is -2.23. The number of nitrogens with one attached hydrogen (secondary N) is 1. The standard InChI is InChI=1S/C10H13N2O4PS/c1-14-17(13,15-2)9(8-4-3-6-16-8)12-10-11-5-7-18-10/h3-7,9H,1-2H3,(H,11,12). The van der Waals surface area contributed by atoms with Crippen LogP contribution in [0, 0.1) is 0 Å². The van der Waals surface area contributed by atoms with E-state index in [9.17, 15) is 4.57 Å². The van der Waals surface area contributed by atoms with Crippen molar-refractivity contribution in [3.05, 3.63) is 35.7 Å². The topological polar surface area (TPSA) is 73.6 Å². The van der Waals surface area contributed by atoms with Gasteiger partial charge < -0.3 is 18.8 Å². The van der Waals surface area contributed by atoms with Gasteiger partial charge in [0.1, 0.15) is 5.76 Å². The molecule has 18 heavy (non-hydrogen) atoms. The van der Waals surface area contributed by atoms with Gasteiger partial charge in [0.2, 0.25) is 0 Å². The second-order valence-corrected chi connectivity index (χ2v) is 6.53. The van der Waals surface area contributed by atoms with E-state index in [0.29, 0.717) is 10.9 Å². The van der Waals surface area contributed by atoms with Crippen LogP contribution < -0.4 is 5.32 Å². The Morgan fingerprint density at radius 2 is 2.28 bits per heavy atom. The zero-order chi connectivity index (χ0) is 13.0. The Kier molecular flexibility index (Phi) is 4.19. The molecule has 1 unspecified atom stereocenters. The predicted octanol–water partition coefficient (Wildman–Crippen LogP) is 3.33. The fourth-order valence-electron chi connectivity index (χ4n) is 1.45. The van der Waals surface area contributed by atoms with Crippen LogP contribution in [-0.2, 0) is 13.6 Å². The van der Waals surface area contributed by atoms with E-state index in [1.54, 1.807) is 18.3 Å². The first-order chi connectivity index (χ1) is 8.69. The first-order valence-corrected chi connectivity index (χ1v) is 7.59. The van der Waals surface area contributed by atoms with Crippen molar-refractivity contribution in [2.24, 2.45) is 0 Å². The normalized spacial score (nSPS) is 13.4. The number of thiazole rings is 1. The second kappa shape index (κ2) is 5.67. The SMILES string of the molecule is COP(=O)(OC)C(Nc1nccs1)c1ccco1. The molecule has 2 rings (SSSR count). The Bertz CT molecular complexity index is 506. The molecule has 2 aromatic heterocycles. The third kappa shape index (κ3) is 2.64. The molecular weight excluding hydrogens is 275 g/mol. The highest BCUT2D eigenvalue weighted by Gasteiger charge is 2.38. The van der Waals surface area contributed by atoms with Crippen molar-refractivity contribution in [2.75, 3.05) is 19.5 Å². The highest BCUT2D eigenvalue weighted by atomic mass is 32.1. The molecule has 0 aliphatic carbocycles. The number of rotatable bonds is 6. The summed E-state index contributed by atoms with van der Waals surface area (Å²) in [6.45, 7) is 0. The molecule has 0 fully saturated rings. The molecule has 98 valence electrons. The third-order valence-electron chi connectivity index (χ3n) is 2.33. The Labute approximate surface area is 108 Å². The first kappa shape index (κ1) is 13.3. The van der Waals surface area contributed by atoms with Crippen molar-refractivity contribution in [1.82, 2.24) is 4.98 Å². The molecule has 1 N–H and O–H groups in total. The van der Waals surface area contributed by atoms with Crippen LogP contribution in [0.15, 0.2) is 34.4 Å². The lowest BCUT2D eigenvalue weighted by atomic mass is 10.4. The summed E-state index contributed by atoms with van der Waals surface area (Å²) in [5.74, 6) is -0.258. The van der Waals surface area contributed by atoms with E-state index in [4.69, 9.17) is 13.5 Å². The van der Waals surface area contributed by atoms with Crippen molar-refractivity contribution in [2.45, 2.75) is 5.78 Å². The Morgan fingerprint density at radius 1 is 1.50 bits per heavy atom. The highest BCUT2D eigenvalue weighted by molar-refractivity contribution is 7.54. The van der Waals surface area contributed by atoms with Crippen molar-refractivity contribution >= 4 is 24.1 Å². The molecule has 0 aliphatic rings. The van der Waals surface area contributed by atoms with Crippen molar-refractivity contribution < 1.29 is 18.0 Å². The molecule has 0 radical (unpaired) electrons. The van der Waals surface area contributed by atoms with Crippen molar-refractivity contribution in [3.8, 4) is 0 Å².